The van der Waals surface area contributed by atoms with E-state index >= 15 is 0 Å². The van der Waals surface area contributed by atoms with Gasteiger partial charge in [-0.15, -0.1) is 0 Å². The van der Waals surface area contributed by atoms with Gasteiger partial charge in [-0.3, -0.25) is 4.79 Å². The average Bonchev–Trinajstić information content (AvgIpc) is 2.01. The molecule has 5 heteroatoms. The molecule has 0 aliphatic rings. The highest BCUT2D eigenvalue weighted by atomic mass is 16.7. The van der Waals surface area contributed by atoms with Gasteiger partial charge < -0.3 is 14.6 Å². The predicted molar refractivity (Wildman–Crippen MR) is 43.8 cm³/mol. The molecule has 0 aromatic rings. The molecule has 0 amide bonds. The first-order valence-corrected chi connectivity index (χ1v) is 3.75. The van der Waals surface area contributed by atoms with Crippen LogP contribution in [0, 0.1) is 12.0 Å². The SMILES string of the molecule is C[CH]OC(=O)OCC(C)(C)C(=O)O. The van der Waals surface area contributed by atoms with Crippen molar-refractivity contribution in [1.82, 2.24) is 0 Å². The maximum absolute atomic E-state index is 10.6. The van der Waals surface area contributed by atoms with Crippen LogP contribution in [0.1, 0.15) is 20.8 Å². The van der Waals surface area contributed by atoms with Crippen molar-refractivity contribution in [3.05, 3.63) is 6.61 Å². The van der Waals surface area contributed by atoms with E-state index in [0.29, 0.717) is 0 Å². The number of carboxylic acid groups (broad SMARTS) is 1. The highest BCUT2D eigenvalue weighted by Gasteiger charge is 2.29. The predicted octanol–water partition coefficient (Wildman–Crippen LogP) is 1.43. The quantitative estimate of drug-likeness (QED) is 0.677. The number of ether oxygens (including phenoxy) is 2. The number of hydrogen-bond donors (Lipinski definition) is 1. The molecule has 5 nitrogen and oxygen atoms in total. The Morgan fingerprint density at radius 3 is 2.38 bits per heavy atom. The molecule has 0 spiro atoms. The monoisotopic (exact) mass is 189 g/mol. The van der Waals surface area contributed by atoms with Crippen LogP contribution in [0.5, 0.6) is 0 Å². The van der Waals surface area contributed by atoms with Crippen molar-refractivity contribution in [3.63, 3.8) is 0 Å². The Kier molecular flexibility index (Phi) is 4.23. The standard InChI is InChI=1S/C8H13O5/c1-4-12-7(11)13-5-8(2,3)6(9)10/h4H,5H2,1-3H3,(H,9,10). The van der Waals surface area contributed by atoms with Crippen LogP contribution in [0.4, 0.5) is 4.79 Å². The van der Waals surface area contributed by atoms with E-state index < -0.39 is 17.5 Å². The first kappa shape index (κ1) is 11.7. The van der Waals surface area contributed by atoms with Crippen molar-refractivity contribution in [3.8, 4) is 0 Å². The Morgan fingerprint density at radius 2 is 2.00 bits per heavy atom. The zero-order valence-electron chi connectivity index (χ0n) is 7.86. The van der Waals surface area contributed by atoms with Crippen molar-refractivity contribution >= 4 is 12.1 Å². The van der Waals surface area contributed by atoms with Gasteiger partial charge >= 0.3 is 12.1 Å². The Labute approximate surface area is 76.6 Å². The zero-order chi connectivity index (χ0) is 10.5. The van der Waals surface area contributed by atoms with E-state index in [1.807, 2.05) is 0 Å². The van der Waals surface area contributed by atoms with Crippen molar-refractivity contribution in [1.29, 1.82) is 0 Å². The van der Waals surface area contributed by atoms with Crippen molar-refractivity contribution in [2.45, 2.75) is 20.8 Å². The van der Waals surface area contributed by atoms with Gasteiger partial charge in [0.1, 0.15) is 13.2 Å². The van der Waals surface area contributed by atoms with E-state index in [-0.39, 0.29) is 6.61 Å². The van der Waals surface area contributed by atoms with E-state index in [0.717, 1.165) is 6.61 Å². The minimum Gasteiger partial charge on any atom is -0.481 e. The molecule has 0 atom stereocenters. The van der Waals surface area contributed by atoms with E-state index in [1.54, 1.807) is 0 Å². The summed E-state index contributed by atoms with van der Waals surface area (Å²) in [4.78, 5) is 21.2. The van der Waals surface area contributed by atoms with Crippen LogP contribution in [0.2, 0.25) is 0 Å². The summed E-state index contributed by atoms with van der Waals surface area (Å²) in [5.41, 5.74) is -1.09. The summed E-state index contributed by atoms with van der Waals surface area (Å²) in [5, 5.41) is 8.64. The summed E-state index contributed by atoms with van der Waals surface area (Å²) in [7, 11) is 0. The largest absolute Gasteiger partial charge is 0.508 e. The van der Waals surface area contributed by atoms with Gasteiger partial charge in [-0.2, -0.15) is 0 Å². The molecule has 0 aliphatic carbocycles. The van der Waals surface area contributed by atoms with Crippen LogP contribution in [0.3, 0.4) is 0 Å². The third-order valence-electron chi connectivity index (χ3n) is 1.34. The van der Waals surface area contributed by atoms with Crippen LogP contribution in [0.15, 0.2) is 0 Å². The lowest BCUT2D eigenvalue weighted by Crippen LogP contribution is -2.30. The molecule has 1 N–H and O–H groups in total. The number of carbonyl (C=O) groups excluding carboxylic acids is 1. The minimum absolute atomic E-state index is 0.213. The van der Waals surface area contributed by atoms with Crippen LogP contribution >= 0.6 is 0 Å². The summed E-state index contributed by atoms with van der Waals surface area (Å²) < 4.78 is 8.87. The van der Waals surface area contributed by atoms with E-state index in [1.165, 1.54) is 20.8 Å². The fourth-order valence-electron chi connectivity index (χ4n) is 0.431. The van der Waals surface area contributed by atoms with Gasteiger partial charge in [0.2, 0.25) is 0 Å². The lowest BCUT2D eigenvalue weighted by atomic mass is 9.95. The second-order valence-corrected chi connectivity index (χ2v) is 3.08. The number of aliphatic carboxylic acids is 1. The summed E-state index contributed by atoms with van der Waals surface area (Å²) >= 11 is 0. The zero-order valence-corrected chi connectivity index (χ0v) is 7.86. The average molecular weight is 189 g/mol. The van der Waals surface area contributed by atoms with Gasteiger partial charge in [0.15, 0.2) is 0 Å². The smallest absolute Gasteiger partial charge is 0.481 e. The van der Waals surface area contributed by atoms with E-state index in [4.69, 9.17) is 5.11 Å². The molecule has 0 aliphatic heterocycles. The molecule has 0 bridgehead atoms. The van der Waals surface area contributed by atoms with Gasteiger partial charge in [0.25, 0.3) is 0 Å². The molecule has 0 fully saturated rings. The second-order valence-electron chi connectivity index (χ2n) is 3.08. The lowest BCUT2D eigenvalue weighted by Gasteiger charge is -2.17. The number of rotatable bonds is 4. The molecule has 0 saturated heterocycles. The molecule has 0 aromatic heterocycles. The summed E-state index contributed by atoms with van der Waals surface area (Å²) in [6.45, 7) is 5.38. The molecular formula is C8H13O5. The fourth-order valence-corrected chi connectivity index (χ4v) is 0.431. The van der Waals surface area contributed by atoms with Gasteiger partial charge in [-0.05, 0) is 20.8 Å². The van der Waals surface area contributed by atoms with Crippen LogP contribution < -0.4 is 0 Å². The van der Waals surface area contributed by atoms with Crippen molar-refractivity contribution < 1.29 is 24.2 Å². The molecule has 0 heterocycles. The molecule has 75 valence electrons. The van der Waals surface area contributed by atoms with Crippen molar-refractivity contribution in [2.24, 2.45) is 5.41 Å². The summed E-state index contributed by atoms with van der Waals surface area (Å²) in [6.07, 6.45) is -0.892. The Hall–Kier alpha value is -1.26. The lowest BCUT2D eigenvalue weighted by molar-refractivity contribution is -0.149. The second kappa shape index (κ2) is 4.69. The van der Waals surface area contributed by atoms with E-state index in [2.05, 4.69) is 9.47 Å². The molecule has 0 unspecified atom stereocenters. The number of carbonyl (C=O) groups is 2. The van der Waals surface area contributed by atoms with Crippen LogP contribution in [-0.2, 0) is 14.3 Å². The first-order valence-electron chi connectivity index (χ1n) is 3.75. The van der Waals surface area contributed by atoms with Crippen LogP contribution in [0.25, 0.3) is 0 Å². The van der Waals surface area contributed by atoms with Gasteiger partial charge in [-0.25, -0.2) is 4.79 Å². The molecular weight excluding hydrogens is 176 g/mol. The number of carboxylic acids is 1. The Balaban J connectivity index is 3.88. The normalized spacial score (nSPS) is 10.7. The summed E-state index contributed by atoms with van der Waals surface area (Å²) in [6, 6.07) is 0. The molecule has 1 radical (unpaired) electrons. The maximum atomic E-state index is 10.6. The number of hydrogen-bond acceptors (Lipinski definition) is 4. The fraction of sp³-hybridized carbons (Fsp3) is 0.625. The third kappa shape index (κ3) is 4.35. The molecule has 0 aromatic carbocycles. The van der Waals surface area contributed by atoms with Gasteiger partial charge in [0, 0.05) is 0 Å². The Bertz CT molecular complexity index is 197. The molecule has 0 saturated carbocycles. The van der Waals surface area contributed by atoms with Gasteiger partial charge in [0.05, 0.1) is 5.41 Å². The van der Waals surface area contributed by atoms with E-state index in [9.17, 15) is 9.59 Å². The summed E-state index contributed by atoms with van der Waals surface area (Å²) in [5.74, 6) is -1.03. The maximum Gasteiger partial charge on any atom is 0.508 e. The Morgan fingerprint density at radius 1 is 1.46 bits per heavy atom. The highest BCUT2D eigenvalue weighted by Crippen LogP contribution is 2.15. The third-order valence-corrected chi connectivity index (χ3v) is 1.34. The topological polar surface area (TPSA) is 72.8 Å². The van der Waals surface area contributed by atoms with Gasteiger partial charge in [-0.1, -0.05) is 0 Å². The highest BCUT2D eigenvalue weighted by molar-refractivity contribution is 5.74. The van der Waals surface area contributed by atoms with Crippen molar-refractivity contribution in [2.75, 3.05) is 6.61 Å². The molecule has 13 heavy (non-hydrogen) atoms. The van der Waals surface area contributed by atoms with Crippen LogP contribution in [-0.4, -0.2) is 23.8 Å². The first-order chi connectivity index (χ1) is 5.90. The molecule has 0 rings (SSSR count). The minimum atomic E-state index is -1.09.